The Bertz CT molecular complexity index is 937. The maximum Gasteiger partial charge on any atom is 0.285 e. The molecule has 5 nitrogen and oxygen atoms in total. The number of nitrogens with one attached hydrogen (secondary N) is 1. The van der Waals surface area contributed by atoms with Gasteiger partial charge in [-0.15, -0.1) is 0 Å². The van der Waals surface area contributed by atoms with Crippen molar-refractivity contribution in [3.63, 3.8) is 0 Å². The molecular weight excluding hydrogens is 429 g/mol. The van der Waals surface area contributed by atoms with Crippen molar-refractivity contribution in [2.45, 2.75) is 90.0 Å². The van der Waals surface area contributed by atoms with E-state index in [1.54, 1.807) is 7.11 Å². The van der Waals surface area contributed by atoms with Crippen molar-refractivity contribution >= 4 is 7.59 Å². The first-order valence-electron chi connectivity index (χ1n) is 12.5. The Morgan fingerprint density at radius 1 is 0.939 bits per heavy atom. The van der Waals surface area contributed by atoms with E-state index >= 15 is 4.57 Å². The smallest absolute Gasteiger partial charge is 0.285 e. The summed E-state index contributed by atoms with van der Waals surface area (Å²) in [6.45, 7) is 8.78. The van der Waals surface area contributed by atoms with Crippen molar-refractivity contribution in [3.8, 4) is 5.75 Å². The number of nitrogens with zero attached hydrogens (tertiary/aromatic N) is 2. The molecular formula is C27H40N3O2P. The molecule has 2 fully saturated rings. The average molecular weight is 470 g/mol. The number of hydrogen-bond donors (Lipinski definition) is 1. The summed E-state index contributed by atoms with van der Waals surface area (Å²) in [7, 11) is -1.32. The SMILES string of the molecule is COc1cccc([C@H](Cc2ccccc2)NP2(=O)N(C(C)C)[C@H]3CCCC[C@@H]3N2C(C)C)c1. The first kappa shape index (κ1) is 24.5. The Labute approximate surface area is 200 Å². The number of fused-ring (bicyclic) bond motifs is 1. The fraction of sp³-hybridized carbons (Fsp3) is 0.556. The van der Waals surface area contributed by atoms with Gasteiger partial charge in [0.15, 0.2) is 0 Å². The molecule has 2 aliphatic rings. The second-order valence-corrected chi connectivity index (χ2v) is 12.3. The van der Waals surface area contributed by atoms with Crippen molar-refractivity contribution in [1.82, 2.24) is 14.4 Å². The van der Waals surface area contributed by atoms with Crippen molar-refractivity contribution in [2.75, 3.05) is 7.11 Å². The van der Waals surface area contributed by atoms with Gasteiger partial charge in [-0.05, 0) is 70.2 Å². The van der Waals surface area contributed by atoms with E-state index < -0.39 is 7.59 Å². The number of methoxy groups -OCH3 is 1. The molecule has 0 radical (unpaired) electrons. The van der Waals surface area contributed by atoms with Gasteiger partial charge in [-0.25, -0.2) is 14.4 Å². The lowest BCUT2D eigenvalue weighted by molar-refractivity contribution is 0.173. The van der Waals surface area contributed by atoms with Gasteiger partial charge in [-0.2, -0.15) is 0 Å². The van der Waals surface area contributed by atoms with Gasteiger partial charge in [0.1, 0.15) is 5.75 Å². The predicted octanol–water partition coefficient (Wildman–Crippen LogP) is 6.42. The van der Waals surface area contributed by atoms with Crippen LogP contribution in [0, 0.1) is 0 Å². The highest BCUT2D eigenvalue weighted by Gasteiger charge is 2.57. The third-order valence-corrected chi connectivity index (χ3v) is 10.6. The molecule has 0 aromatic heterocycles. The lowest BCUT2D eigenvalue weighted by Gasteiger charge is -2.38. The molecule has 1 aliphatic heterocycles. The summed E-state index contributed by atoms with van der Waals surface area (Å²) in [5.41, 5.74) is 2.34. The van der Waals surface area contributed by atoms with Crippen LogP contribution in [0.4, 0.5) is 0 Å². The highest BCUT2D eigenvalue weighted by Crippen LogP contribution is 2.63. The Hall–Kier alpha value is -1.65. The molecule has 3 atom stereocenters. The fourth-order valence-electron chi connectivity index (χ4n) is 5.90. The minimum atomic E-state index is -3.01. The largest absolute Gasteiger partial charge is 0.497 e. The van der Waals surface area contributed by atoms with E-state index in [1.807, 2.05) is 18.2 Å². The van der Waals surface area contributed by atoms with E-state index in [4.69, 9.17) is 4.74 Å². The van der Waals surface area contributed by atoms with Crippen LogP contribution in [0.5, 0.6) is 5.75 Å². The molecule has 1 heterocycles. The Balaban J connectivity index is 1.76. The monoisotopic (exact) mass is 469 g/mol. The third-order valence-electron chi connectivity index (χ3n) is 7.16. The second kappa shape index (κ2) is 10.3. The maximum absolute atomic E-state index is 15.2. The van der Waals surface area contributed by atoms with E-state index in [2.05, 4.69) is 78.5 Å². The summed E-state index contributed by atoms with van der Waals surface area (Å²) in [6.07, 6.45) is 5.46. The number of rotatable bonds is 8. The van der Waals surface area contributed by atoms with Crippen LogP contribution in [0.1, 0.15) is 70.5 Å². The van der Waals surface area contributed by atoms with Crippen LogP contribution >= 0.6 is 7.59 Å². The molecule has 0 unspecified atom stereocenters. The second-order valence-electron chi connectivity index (χ2n) is 10.1. The van der Waals surface area contributed by atoms with Crippen LogP contribution in [0.25, 0.3) is 0 Å². The molecule has 1 saturated heterocycles. The lowest BCUT2D eigenvalue weighted by Crippen LogP contribution is -2.43. The predicted molar refractivity (Wildman–Crippen MR) is 137 cm³/mol. The summed E-state index contributed by atoms with van der Waals surface area (Å²) >= 11 is 0. The van der Waals surface area contributed by atoms with Crippen LogP contribution in [-0.2, 0) is 11.0 Å². The average Bonchev–Trinajstić information content (AvgIpc) is 3.07. The third kappa shape index (κ3) is 4.93. The molecule has 1 N–H and O–H groups in total. The first-order chi connectivity index (χ1) is 15.8. The molecule has 33 heavy (non-hydrogen) atoms. The molecule has 0 amide bonds. The van der Waals surface area contributed by atoms with Gasteiger partial charge < -0.3 is 4.74 Å². The molecule has 6 heteroatoms. The van der Waals surface area contributed by atoms with E-state index in [-0.39, 0.29) is 18.1 Å². The zero-order valence-corrected chi connectivity index (χ0v) is 21.7. The van der Waals surface area contributed by atoms with Crippen LogP contribution < -0.4 is 9.82 Å². The molecule has 1 aliphatic carbocycles. The molecule has 4 rings (SSSR count). The zero-order chi connectivity index (χ0) is 23.6. The van der Waals surface area contributed by atoms with Crippen LogP contribution in [-0.4, -0.2) is 40.6 Å². The van der Waals surface area contributed by atoms with Gasteiger partial charge in [0.05, 0.1) is 7.11 Å². The lowest BCUT2D eigenvalue weighted by atomic mass is 9.89. The van der Waals surface area contributed by atoms with Gasteiger partial charge >= 0.3 is 0 Å². The molecule has 0 bridgehead atoms. The molecule has 180 valence electrons. The standard InChI is InChI=1S/C27H40N3O2P/c1-20(2)29-26-16-9-10-17-27(26)30(21(3)4)33(29,31)28-25(18-22-12-7-6-8-13-22)23-14-11-15-24(19-23)32-5/h6-8,11-15,19-21,25-27H,9-10,16-18H2,1-5H3,(H,28,31)/t25-,26-,27-/m0/s1. The number of hydrogen-bond acceptors (Lipinski definition) is 2. The zero-order valence-electron chi connectivity index (χ0n) is 20.8. The van der Waals surface area contributed by atoms with Crippen LogP contribution in [0.15, 0.2) is 54.6 Å². The highest BCUT2D eigenvalue weighted by atomic mass is 31.2. The van der Waals surface area contributed by atoms with E-state index in [0.717, 1.165) is 30.6 Å². The number of benzene rings is 2. The summed E-state index contributed by atoms with van der Waals surface area (Å²) in [4.78, 5) is 0. The van der Waals surface area contributed by atoms with Gasteiger partial charge in [0.25, 0.3) is 7.59 Å². The van der Waals surface area contributed by atoms with Gasteiger partial charge in [-0.3, -0.25) is 4.57 Å². The molecule has 0 spiro atoms. The fourth-order valence-corrected chi connectivity index (χ4v) is 9.65. The van der Waals surface area contributed by atoms with E-state index in [9.17, 15) is 0 Å². The van der Waals surface area contributed by atoms with Crippen molar-refractivity contribution in [1.29, 1.82) is 0 Å². The Morgan fingerprint density at radius 2 is 1.55 bits per heavy atom. The minimum Gasteiger partial charge on any atom is -0.497 e. The molecule has 2 aromatic rings. The summed E-state index contributed by atoms with van der Waals surface area (Å²) in [5.74, 6) is 0.826. The summed E-state index contributed by atoms with van der Waals surface area (Å²) in [6, 6.07) is 19.7. The Morgan fingerprint density at radius 3 is 2.09 bits per heavy atom. The van der Waals surface area contributed by atoms with E-state index in [1.165, 1.54) is 18.4 Å². The van der Waals surface area contributed by atoms with Gasteiger partial charge in [0, 0.05) is 30.2 Å². The maximum atomic E-state index is 15.2. The van der Waals surface area contributed by atoms with Gasteiger partial charge in [-0.1, -0.05) is 55.3 Å². The van der Waals surface area contributed by atoms with Crippen molar-refractivity contribution < 1.29 is 9.30 Å². The summed E-state index contributed by atoms with van der Waals surface area (Å²) in [5, 5.41) is 3.78. The number of ether oxygens (including phenoxy) is 1. The summed E-state index contributed by atoms with van der Waals surface area (Å²) < 4.78 is 25.4. The van der Waals surface area contributed by atoms with Crippen molar-refractivity contribution in [2.24, 2.45) is 0 Å². The topological polar surface area (TPSA) is 44.8 Å². The highest BCUT2D eigenvalue weighted by molar-refractivity contribution is 7.57. The first-order valence-corrected chi connectivity index (χ1v) is 14.1. The van der Waals surface area contributed by atoms with Crippen molar-refractivity contribution in [3.05, 3.63) is 65.7 Å². The minimum absolute atomic E-state index is 0.0870. The normalized spacial score (nSPS) is 24.2. The molecule has 2 aromatic carbocycles. The van der Waals surface area contributed by atoms with Crippen LogP contribution in [0.3, 0.4) is 0 Å². The van der Waals surface area contributed by atoms with Crippen LogP contribution in [0.2, 0.25) is 0 Å². The van der Waals surface area contributed by atoms with E-state index in [0.29, 0.717) is 12.1 Å². The Kier molecular flexibility index (Phi) is 7.65. The quantitative estimate of drug-likeness (QED) is 0.452. The molecule has 1 saturated carbocycles. The van der Waals surface area contributed by atoms with Gasteiger partial charge in [0.2, 0.25) is 0 Å².